The molecule has 2 saturated carbocycles. The number of aromatic nitrogens is 2. The Labute approximate surface area is 271 Å². The van der Waals surface area contributed by atoms with Crippen LogP contribution in [0.1, 0.15) is 94.2 Å². The minimum atomic E-state index is -5.02. The number of imidazole rings is 1. The number of fused-ring (bicyclic) bond motifs is 4. The van der Waals surface area contributed by atoms with Crippen molar-refractivity contribution in [2.24, 2.45) is 17.3 Å². The van der Waals surface area contributed by atoms with E-state index in [2.05, 4.69) is 4.98 Å². The van der Waals surface area contributed by atoms with E-state index in [-0.39, 0.29) is 36.9 Å². The third-order valence-corrected chi connectivity index (χ3v) is 11.6. The number of ether oxygens (including phenoxy) is 1. The number of allylic oxidation sites excluding steroid dienone is 4. The summed E-state index contributed by atoms with van der Waals surface area (Å²) >= 11 is 0. The first-order valence-corrected chi connectivity index (χ1v) is 16.4. The van der Waals surface area contributed by atoms with Crippen molar-refractivity contribution in [3.63, 3.8) is 0 Å². The van der Waals surface area contributed by atoms with E-state index in [9.17, 15) is 27.9 Å². The summed E-state index contributed by atoms with van der Waals surface area (Å²) in [6.07, 6.45) is 6.16. The number of alkyl halides is 5. The number of aryl methyl sites for hydroxylation is 2. The average Bonchev–Trinajstić information content (AvgIpc) is 3.58. The molecule has 0 saturated heterocycles. The van der Waals surface area contributed by atoms with Crippen LogP contribution in [0.15, 0.2) is 59.5 Å². The summed E-state index contributed by atoms with van der Waals surface area (Å²) < 4.78 is 81.2. The highest BCUT2D eigenvalue weighted by Gasteiger charge is 2.78. The molecule has 1 aromatic heterocycles. The van der Waals surface area contributed by atoms with Gasteiger partial charge >= 0.3 is 17.8 Å². The molecule has 1 aromatic carbocycles. The van der Waals surface area contributed by atoms with Crippen LogP contribution in [0.3, 0.4) is 0 Å². The second-order valence-corrected chi connectivity index (χ2v) is 14.0. The van der Waals surface area contributed by atoms with Crippen LogP contribution in [0.25, 0.3) is 0 Å². The van der Waals surface area contributed by atoms with E-state index in [0.717, 1.165) is 28.1 Å². The molecule has 4 aliphatic rings. The van der Waals surface area contributed by atoms with Crippen LogP contribution in [0.2, 0.25) is 0 Å². The van der Waals surface area contributed by atoms with Crippen LogP contribution < -0.4 is 0 Å². The van der Waals surface area contributed by atoms with Gasteiger partial charge in [-0.25, -0.2) is 9.37 Å². The molecule has 1 heterocycles. The van der Waals surface area contributed by atoms with Crippen molar-refractivity contribution < 1.29 is 41.4 Å². The second kappa shape index (κ2) is 12.0. The smallest absolute Gasteiger partial charge is 0.341 e. The Bertz CT molecular complexity index is 1610. The van der Waals surface area contributed by atoms with E-state index in [1.807, 2.05) is 23.6 Å². The third kappa shape index (κ3) is 5.36. The molecule has 0 amide bonds. The number of hydrogen-bond acceptors (Lipinski definition) is 5. The number of benzene rings is 1. The highest BCUT2D eigenvalue weighted by molar-refractivity contribution is 5.93. The predicted molar refractivity (Wildman–Crippen MR) is 164 cm³/mol. The van der Waals surface area contributed by atoms with Crippen LogP contribution in [-0.4, -0.2) is 50.5 Å². The van der Waals surface area contributed by atoms with Crippen molar-refractivity contribution in [3.8, 4) is 0 Å². The predicted octanol–water partition coefficient (Wildman–Crippen LogP) is 7.76. The zero-order chi connectivity index (χ0) is 33.9. The molecule has 47 heavy (non-hydrogen) atoms. The van der Waals surface area contributed by atoms with Gasteiger partial charge in [0.1, 0.15) is 17.5 Å². The largest absolute Gasteiger partial charge is 0.458 e. The summed E-state index contributed by atoms with van der Waals surface area (Å²) in [7, 11) is 0. The third-order valence-electron chi connectivity index (χ3n) is 11.6. The highest BCUT2D eigenvalue weighted by atomic mass is 19.3. The summed E-state index contributed by atoms with van der Waals surface area (Å²) in [6.45, 7) is 2.93. The maximum absolute atomic E-state index is 15.6. The average molecular weight is 661 g/mol. The van der Waals surface area contributed by atoms with Gasteiger partial charge in [0.25, 0.3) is 0 Å². The van der Waals surface area contributed by atoms with Crippen molar-refractivity contribution in [2.75, 3.05) is 6.67 Å². The first-order chi connectivity index (χ1) is 22.1. The number of ketones is 1. The number of rotatable bonds is 9. The number of carbonyl (C=O) groups is 2. The molecular formula is C36H41F5N2O4. The van der Waals surface area contributed by atoms with Gasteiger partial charge in [-0.2, -0.15) is 17.6 Å². The fraction of sp³-hybridized carbons (Fsp3) is 0.583. The molecule has 1 N–H and O–H groups in total. The van der Waals surface area contributed by atoms with Crippen molar-refractivity contribution in [1.29, 1.82) is 0 Å². The van der Waals surface area contributed by atoms with Crippen LogP contribution in [0.4, 0.5) is 22.0 Å². The monoisotopic (exact) mass is 660 g/mol. The van der Waals surface area contributed by atoms with Crippen LogP contribution >= 0.6 is 0 Å². The fourth-order valence-corrected chi connectivity index (χ4v) is 9.04. The van der Waals surface area contributed by atoms with Gasteiger partial charge in [0, 0.05) is 36.7 Å². The Morgan fingerprint density at radius 1 is 1.15 bits per heavy atom. The highest BCUT2D eigenvalue weighted by Crippen LogP contribution is 2.70. The molecule has 6 atom stereocenters. The summed E-state index contributed by atoms with van der Waals surface area (Å²) in [6, 6.07) is 7.28. The molecule has 11 heteroatoms. The molecule has 4 aliphatic carbocycles. The van der Waals surface area contributed by atoms with Gasteiger partial charge in [0.15, 0.2) is 12.5 Å². The van der Waals surface area contributed by atoms with Gasteiger partial charge in [-0.05, 0) is 92.6 Å². The van der Waals surface area contributed by atoms with Gasteiger partial charge in [-0.1, -0.05) is 36.8 Å². The van der Waals surface area contributed by atoms with E-state index >= 15 is 8.78 Å². The van der Waals surface area contributed by atoms with Crippen LogP contribution in [0, 0.1) is 24.2 Å². The Balaban J connectivity index is 1.32. The fourth-order valence-electron chi connectivity index (χ4n) is 9.04. The number of aliphatic hydroxyl groups is 1. The minimum Gasteiger partial charge on any atom is -0.458 e. The maximum atomic E-state index is 15.6. The van der Waals surface area contributed by atoms with Crippen LogP contribution in [-0.2, 0) is 20.9 Å². The van der Waals surface area contributed by atoms with Gasteiger partial charge in [-0.3, -0.25) is 9.59 Å². The molecule has 6 nitrogen and oxygen atoms in total. The molecule has 254 valence electrons. The molecular weight excluding hydrogens is 619 g/mol. The van der Waals surface area contributed by atoms with Gasteiger partial charge in [0.05, 0.1) is 6.42 Å². The lowest BCUT2D eigenvalue weighted by Gasteiger charge is -2.56. The summed E-state index contributed by atoms with van der Waals surface area (Å²) in [4.78, 5) is 29.0. The molecule has 2 unspecified atom stereocenters. The van der Waals surface area contributed by atoms with E-state index in [1.54, 1.807) is 37.5 Å². The normalized spacial score (nSPS) is 29.9. The number of nitrogens with zero attached hydrogens (tertiary/aromatic N) is 2. The number of esters is 1. The van der Waals surface area contributed by atoms with Gasteiger partial charge < -0.3 is 14.4 Å². The summed E-state index contributed by atoms with van der Waals surface area (Å²) in [5.74, 6) is -10.8. The topological polar surface area (TPSA) is 81.4 Å². The standard InChI is InChI=1S/C36H41F5N2O4/c1-21(47-31(45)13-16-43-17-15-42-22(43)2)23-4-6-24(7-5-23)29-19-33(3)30(12-14-34(33,46)36(40,41)35(38,39)20-37)28-10-8-25-18-26(44)9-11-27(25)32(28)29/h4-7,15,17-18,21,28-30,46H,8-14,16,19-20H2,1-3H3/t21-,28?,29-,30?,33+,34+/m1/s1. The molecule has 2 aromatic rings. The van der Waals surface area contributed by atoms with Crippen molar-refractivity contribution in [3.05, 3.63) is 76.4 Å². The van der Waals surface area contributed by atoms with Crippen molar-refractivity contribution >= 4 is 11.8 Å². The minimum absolute atomic E-state index is 0.0383. The lowest BCUT2D eigenvalue weighted by molar-refractivity contribution is -0.323. The van der Waals surface area contributed by atoms with Gasteiger partial charge in [0.2, 0.25) is 0 Å². The molecule has 0 radical (unpaired) electrons. The Morgan fingerprint density at radius 3 is 2.53 bits per heavy atom. The Kier molecular flexibility index (Phi) is 8.54. The lowest BCUT2D eigenvalue weighted by Crippen LogP contribution is -2.66. The molecule has 6 rings (SSSR count). The van der Waals surface area contributed by atoms with Crippen LogP contribution in [0.5, 0.6) is 0 Å². The molecule has 0 bridgehead atoms. The van der Waals surface area contributed by atoms with Gasteiger partial charge in [-0.15, -0.1) is 0 Å². The van der Waals surface area contributed by atoms with E-state index in [0.29, 0.717) is 37.8 Å². The molecule has 2 fully saturated rings. The van der Waals surface area contributed by atoms with Crippen molar-refractivity contribution in [2.45, 2.75) is 108 Å². The van der Waals surface area contributed by atoms with E-state index < -0.39 is 53.9 Å². The zero-order valence-corrected chi connectivity index (χ0v) is 26.9. The zero-order valence-electron chi connectivity index (χ0n) is 26.9. The summed E-state index contributed by atoms with van der Waals surface area (Å²) in [5, 5.41) is 11.7. The van der Waals surface area contributed by atoms with Crippen molar-refractivity contribution in [1.82, 2.24) is 9.55 Å². The maximum Gasteiger partial charge on any atom is 0.341 e. The molecule has 0 spiro atoms. The number of carbonyl (C=O) groups excluding carboxylic acids is 2. The summed E-state index contributed by atoms with van der Waals surface area (Å²) in [5.41, 5.74) is -0.294. The molecule has 0 aliphatic heterocycles. The number of halogens is 5. The Morgan fingerprint density at radius 2 is 1.87 bits per heavy atom. The first-order valence-electron chi connectivity index (χ1n) is 16.4. The SMILES string of the molecule is Cc1nccn1CCC(=O)O[C@H](C)c1ccc([C@H]2C[C@@]3(C)C(CC[C@@]3(O)C(F)(F)C(F)(F)CF)C3CCC4=CC(=O)CCC4=C32)cc1. The van der Waals surface area contributed by atoms with E-state index in [4.69, 9.17) is 4.74 Å². The quantitative estimate of drug-likeness (QED) is 0.220. The number of hydrogen-bond donors (Lipinski definition) is 1. The first kappa shape index (κ1) is 33.6. The lowest BCUT2D eigenvalue weighted by atomic mass is 9.50. The van der Waals surface area contributed by atoms with E-state index in [1.165, 1.54) is 6.92 Å². The Hall–Kier alpha value is -3.34. The second-order valence-electron chi connectivity index (χ2n) is 14.0.